The average Bonchev–Trinajstić information content (AvgIpc) is 2.75. The van der Waals surface area contributed by atoms with Crippen molar-refractivity contribution in [2.24, 2.45) is 11.7 Å². The molecular weight excluding hydrogens is 234 g/mol. The maximum Gasteiger partial charge on any atom is 0.123 e. The monoisotopic (exact) mass is 257 g/mol. The average molecular weight is 257 g/mol. The molecule has 0 fully saturated rings. The number of nitrogens with two attached hydrogens (primary N) is 1. The molecule has 1 unspecified atom stereocenters. The van der Waals surface area contributed by atoms with E-state index in [1.54, 1.807) is 0 Å². The molecule has 0 amide bonds. The van der Waals surface area contributed by atoms with Crippen LogP contribution in [0.1, 0.15) is 42.4 Å². The van der Waals surface area contributed by atoms with Crippen LogP contribution in [0.4, 0.5) is 0 Å². The van der Waals surface area contributed by atoms with Crippen LogP contribution >= 0.6 is 0 Å². The van der Waals surface area contributed by atoms with Gasteiger partial charge >= 0.3 is 0 Å². The molecule has 0 aliphatic rings. The minimum absolute atomic E-state index is 0.0418. The maximum absolute atomic E-state index is 6.14. The highest BCUT2D eigenvalue weighted by Gasteiger charge is 2.16. The van der Waals surface area contributed by atoms with E-state index in [9.17, 15) is 0 Å². The van der Waals surface area contributed by atoms with Crippen LogP contribution in [-0.4, -0.2) is 9.97 Å². The van der Waals surface area contributed by atoms with Gasteiger partial charge in [0.15, 0.2) is 0 Å². The van der Waals surface area contributed by atoms with Crippen molar-refractivity contribution in [2.75, 3.05) is 0 Å². The Morgan fingerprint density at radius 2 is 1.68 bits per heavy atom. The number of aryl methyl sites for hydroxylation is 3. The van der Waals surface area contributed by atoms with Crippen LogP contribution in [0.3, 0.4) is 0 Å². The zero-order chi connectivity index (χ0) is 14.2. The molecule has 102 valence electrons. The van der Waals surface area contributed by atoms with Gasteiger partial charge in [0.05, 0.1) is 17.9 Å². The Morgan fingerprint density at radius 1 is 1.11 bits per heavy atom. The highest BCUT2D eigenvalue weighted by Crippen LogP contribution is 2.28. The molecule has 3 nitrogen and oxygen atoms in total. The van der Waals surface area contributed by atoms with Crippen LogP contribution in [0.5, 0.6) is 0 Å². The summed E-state index contributed by atoms with van der Waals surface area (Å²) in [5.74, 6) is 1.24. The second kappa shape index (κ2) is 5.17. The van der Waals surface area contributed by atoms with Gasteiger partial charge in [0.1, 0.15) is 5.82 Å². The Labute approximate surface area is 115 Å². The number of rotatable bonds is 3. The molecule has 3 N–H and O–H groups in total. The largest absolute Gasteiger partial charge is 0.341 e. The molecule has 2 aromatic rings. The lowest BCUT2D eigenvalue weighted by Crippen LogP contribution is -2.18. The van der Waals surface area contributed by atoms with E-state index in [0.717, 1.165) is 11.5 Å². The van der Waals surface area contributed by atoms with Crippen LogP contribution in [0.15, 0.2) is 18.3 Å². The van der Waals surface area contributed by atoms with Crippen LogP contribution in [0.2, 0.25) is 0 Å². The minimum Gasteiger partial charge on any atom is -0.341 e. The summed E-state index contributed by atoms with van der Waals surface area (Å²) in [5.41, 5.74) is 12.3. The summed E-state index contributed by atoms with van der Waals surface area (Å²) in [7, 11) is 0. The zero-order valence-corrected chi connectivity index (χ0v) is 12.4. The predicted molar refractivity (Wildman–Crippen MR) is 80.0 cm³/mol. The first kappa shape index (κ1) is 13.8. The summed E-state index contributed by atoms with van der Waals surface area (Å²) in [6.07, 6.45) is 1.89. The van der Waals surface area contributed by atoms with E-state index in [0.29, 0.717) is 5.92 Å². The number of hydrogen-bond donors (Lipinski definition) is 2. The van der Waals surface area contributed by atoms with Gasteiger partial charge in [-0.1, -0.05) is 31.5 Å². The predicted octanol–water partition coefficient (Wildman–Crippen LogP) is 3.66. The molecule has 0 bridgehead atoms. The molecule has 0 saturated heterocycles. The highest BCUT2D eigenvalue weighted by atomic mass is 15.0. The lowest BCUT2D eigenvalue weighted by Gasteiger charge is -2.13. The number of hydrogen-bond acceptors (Lipinski definition) is 2. The van der Waals surface area contributed by atoms with Crippen molar-refractivity contribution >= 4 is 0 Å². The summed E-state index contributed by atoms with van der Waals surface area (Å²) >= 11 is 0. The van der Waals surface area contributed by atoms with E-state index in [4.69, 9.17) is 5.73 Å². The number of H-pyrrole nitrogens is 1. The summed E-state index contributed by atoms with van der Waals surface area (Å²) in [6.45, 7) is 10.6. The number of aromatic nitrogens is 2. The Morgan fingerprint density at radius 3 is 2.21 bits per heavy atom. The fourth-order valence-electron chi connectivity index (χ4n) is 2.55. The van der Waals surface area contributed by atoms with Crippen molar-refractivity contribution in [3.05, 3.63) is 40.8 Å². The van der Waals surface area contributed by atoms with Crippen molar-refractivity contribution < 1.29 is 0 Å². The lowest BCUT2D eigenvalue weighted by molar-refractivity contribution is 0.494. The summed E-state index contributed by atoms with van der Waals surface area (Å²) in [6, 6.07) is 4.36. The van der Waals surface area contributed by atoms with Gasteiger partial charge in [0.2, 0.25) is 0 Å². The SMILES string of the molecule is Cc1cc(C)c(-c2cnc(C(N)C(C)C)[nH]2)c(C)c1. The third-order valence-corrected chi connectivity index (χ3v) is 3.58. The molecule has 3 heteroatoms. The molecule has 0 aliphatic heterocycles. The normalized spacial score (nSPS) is 13.0. The first-order valence-corrected chi connectivity index (χ1v) is 6.79. The molecule has 19 heavy (non-hydrogen) atoms. The third-order valence-electron chi connectivity index (χ3n) is 3.58. The smallest absolute Gasteiger partial charge is 0.123 e. The lowest BCUT2D eigenvalue weighted by atomic mass is 9.98. The van der Waals surface area contributed by atoms with E-state index in [1.807, 2.05) is 6.20 Å². The Hall–Kier alpha value is -1.61. The van der Waals surface area contributed by atoms with E-state index >= 15 is 0 Å². The first-order valence-electron chi connectivity index (χ1n) is 6.79. The zero-order valence-electron chi connectivity index (χ0n) is 12.4. The fraction of sp³-hybridized carbons (Fsp3) is 0.438. The number of aromatic amines is 1. The molecule has 0 spiro atoms. The van der Waals surface area contributed by atoms with Gasteiger partial charge in [-0.25, -0.2) is 4.98 Å². The quantitative estimate of drug-likeness (QED) is 0.881. The van der Waals surface area contributed by atoms with Gasteiger partial charge in [0.25, 0.3) is 0 Å². The fourth-order valence-corrected chi connectivity index (χ4v) is 2.55. The second-order valence-corrected chi connectivity index (χ2v) is 5.73. The molecule has 1 aromatic carbocycles. The number of benzene rings is 1. The molecule has 0 radical (unpaired) electrons. The van der Waals surface area contributed by atoms with Gasteiger partial charge in [-0.05, 0) is 37.8 Å². The van der Waals surface area contributed by atoms with Gasteiger partial charge in [-0.3, -0.25) is 0 Å². The van der Waals surface area contributed by atoms with Gasteiger partial charge in [-0.2, -0.15) is 0 Å². The summed E-state index contributed by atoms with van der Waals surface area (Å²) in [4.78, 5) is 7.81. The van der Waals surface area contributed by atoms with Crippen molar-refractivity contribution in [3.8, 4) is 11.3 Å². The van der Waals surface area contributed by atoms with Crippen molar-refractivity contribution in [3.63, 3.8) is 0 Å². The third kappa shape index (κ3) is 2.71. The molecule has 0 aliphatic carbocycles. The van der Waals surface area contributed by atoms with Crippen LogP contribution < -0.4 is 5.73 Å². The van der Waals surface area contributed by atoms with E-state index in [2.05, 4.69) is 56.7 Å². The molecule has 0 saturated carbocycles. The Balaban J connectivity index is 2.44. The Kier molecular flexibility index (Phi) is 3.76. The van der Waals surface area contributed by atoms with E-state index in [1.165, 1.54) is 22.3 Å². The standard InChI is InChI=1S/C16H23N3/c1-9(2)15(17)16-18-8-13(19-16)14-11(4)6-10(3)7-12(14)5/h6-9,15H,17H2,1-5H3,(H,18,19). The minimum atomic E-state index is -0.0418. The van der Waals surface area contributed by atoms with Crippen molar-refractivity contribution in [1.82, 2.24) is 9.97 Å². The van der Waals surface area contributed by atoms with Crippen LogP contribution in [0.25, 0.3) is 11.3 Å². The first-order chi connectivity index (χ1) is 8.90. The van der Waals surface area contributed by atoms with Crippen molar-refractivity contribution in [1.29, 1.82) is 0 Å². The van der Waals surface area contributed by atoms with Crippen LogP contribution in [0, 0.1) is 26.7 Å². The van der Waals surface area contributed by atoms with Gasteiger partial charge in [0, 0.05) is 5.56 Å². The van der Waals surface area contributed by atoms with E-state index < -0.39 is 0 Å². The summed E-state index contributed by atoms with van der Waals surface area (Å²) in [5, 5.41) is 0. The second-order valence-electron chi connectivity index (χ2n) is 5.73. The molecular formula is C16H23N3. The van der Waals surface area contributed by atoms with Crippen molar-refractivity contribution in [2.45, 2.75) is 40.7 Å². The molecule has 1 aromatic heterocycles. The Bertz CT molecular complexity index is 558. The molecule has 1 heterocycles. The molecule has 1 atom stereocenters. The number of nitrogens with one attached hydrogen (secondary N) is 1. The summed E-state index contributed by atoms with van der Waals surface area (Å²) < 4.78 is 0. The highest BCUT2D eigenvalue weighted by molar-refractivity contribution is 5.67. The van der Waals surface area contributed by atoms with E-state index in [-0.39, 0.29) is 6.04 Å². The number of imidazole rings is 1. The maximum atomic E-state index is 6.14. The number of nitrogens with zero attached hydrogens (tertiary/aromatic N) is 1. The van der Waals surface area contributed by atoms with Crippen LogP contribution in [-0.2, 0) is 0 Å². The topological polar surface area (TPSA) is 54.7 Å². The van der Waals surface area contributed by atoms with Gasteiger partial charge < -0.3 is 10.7 Å². The van der Waals surface area contributed by atoms with Gasteiger partial charge in [-0.15, -0.1) is 0 Å². The molecule has 2 rings (SSSR count).